The van der Waals surface area contributed by atoms with E-state index >= 15 is 0 Å². The van der Waals surface area contributed by atoms with Gasteiger partial charge in [0, 0.05) is 50.9 Å². The van der Waals surface area contributed by atoms with Crippen LogP contribution in [0.15, 0.2) is 18.2 Å². The molecule has 154 valence electrons. The number of likely N-dealkylation sites (N-methyl/N-ethyl adjacent to an activating group) is 1. The first-order chi connectivity index (χ1) is 12.8. The normalized spacial score (nSPS) is 17.7. The van der Waals surface area contributed by atoms with Crippen molar-refractivity contribution < 1.29 is 27.8 Å². The predicted octanol–water partition coefficient (Wildman–Crippen LogP) is 1.33. The van der Waals surface area contributed by atoms with Gasteiger partial charge in [0.05, 0.1) is 13.7 Å². The Morgan fingerprint density at radius 2 is 1.93 bits per heavy atom. The van der Waals surface area contributed by atoms with Crippen molar-refractivity contribution in [1.29, 1.82) is 0 Å². The molecule has 2 N–H and O–H groups in total. The van der Waals surface area contributed by atoms with E-state index in [0.29, 0.717) is 23.6 Å². The second-order valence-corrected chi connectivity index (χ2v) is 6.76. The molecule has 1 aromatic rings. The van der Waals surface area contributed by atoms with E-state index in [4.69, 9.17) is 9.47 Å². The summed E-state index contributed by atoms with van der Waals surface area (Å²) in [6.45, 7) is 3.18. The van der Waals surface area contributed by atoms with Crippen LogP contribution in [0.1, 0.15) is 5.56 Å². The number of aliphatic hydroxyl groups is 1. The van der Waals surface area contributed by atoms with E-state index in [1.807, 2.05) is 0 Å². The number of halogens is 3. The quantitative estimate of drug-likeness (QED) is 0.663. The number of nitrogens with one attached hydrogen (secondary N) is 1. The minimum atomic E-state index is -4.27. The van der Waals surface area contributed by atoms with Gasteiger partial charge in [0.1, 0.15) is 24.2 Å². The smallest absolute Gasteiger partial charge is 0.401 e. The molecule has 1 aromatic carbocycles. The third-order valence-corrected chi connectivity index (χ3v) is 4.41. The Balaban J connectivity index is 1.88. The number of alkyl halides is 3. The molecule has 0 radical (unpaired) electrons. The number of aliphatic hydroxyl groups excluding tert-OH is 1. The van der Waals surface area contributed by atoms with Gasteiger partial charge in [-0.1, -0.05) is 6.07 Å². The molecule has 2 rings (SSSR count). The van der Waals surface area contributed by atoms with Gasteiger partial charge in [-0.3, -0.25) is 4.90 Å². The number of piperazine rings is 1. The summed E-state index contributed by atoms with van der Waals surface area (Å²) in [5, 5.41) is 12.6. The summed E-state index contributed by atoms with van der Waals surface area (Å²) in [7, 11) is 3.57. The summed E-state index contributed by atoms with van der Waals surface area (Å²) >= 11 is 0. The molecule has 0 saturated carbocycles. The van der Waals surface area contributed by atoms with E-state index in [2.05, 4.69) is 22.2 Å². The second kappa shape index (κ2) is 10.1. The molecule has 1 aliphatic heterocycles. The summed E-state index contributed by atoms with van der Waals surface area (Å²) in [4.78, 5) is 4.40. The fourth-order valence-electron chi connectivity index (χ4n) is 2.85. The van der Waals surface area contributed by atoms with Gasteiger partial charge in [-0.15, -0.1) is 0 Å². The van der Waals surface area contributed by atoms with Crippen LogP contribution in [-0.4, -0.2) is 87.2 Å². The summed E-state index contributed by atoms with van der Waals surface area (Å²) < 4.78 is 47.8. The first-order valence-electron chi connectivity index (χ1n) is 8.93. The van der Waals surface area contributed by atoms with E-state index in [1.54, 1.807) is 18.2 Å². The zero-order valence-corrected chi connectivity index (χ0v) is 15.8. The monoisotopic (exact) mass is 391 g/mol. The van der Waals surface area contributed by atoms with Crippen molar-refractivity contribution in [3.05, 3.63) is 23.8 Å². The van der Waals surface area contributed by atoms with Gasteiger partial charge in [0.15, 0.2) is 0 Å². The summed E-state index contributed by atoms with van der Waals surface area (Å²) in [5.41, 5.74) is 0.576. The van der Waals surface area contributed by atoms with Crippen molar-refractivity contribution in [3.8, 4) is 11.5 Å². The number of rotatable bonds is 9. The Bertz CT molecular complexity index is 579. The number of methoxy groups -OCH3 is 1. The van der Waals surface area contributed by atoms with Crippen molar-refractivity contribution in [2.45, 2.75) is 18.8 Å². The molecule has 0 unspecified atom stereocenters. The van der Waals surface area contributed by atoms with E-state index in [9.17, 15) is 18.3 Å². The minimum Gasteiger partial charge on any atom is -0.497 e. The summed E-state index contributed by atoms with van der Waals surface area (Å²) in [6, 6.07) is 4.94. The average molecular weight is 391 g/mol. The van der Waals surface area contributed by atoms with Crippen LogP contribution < -0.4 is 14.8 Å². The Morgan fingerprint density at radius 1 is 1.22 bits per heavy atom. The van der Waals surface area contributed by atoms with Gasteiger partial charge in [0.2, 0.25) is 0 Å². The van der Waals surface area contributed by atoms with Gasteiger partial charge < -0.3 is 24.8 Å². The third kappa shape index (κ3) is 7.92. The van der Waals surface area contributed by atoms with E-state index in [-0.39, 0.29) is 13.2 Å². The molecule has 1 heterocycles. The molecule has 1 aliphatic rings. The lowest BCUT2D eigenvalue weighted by atomic mass is 10.2. The molecule has 0 aliphatic carbocycles. The molecule has 0 aromatic heterocycles. The highest BCUT2D eigenvalue weighted by molar-refractivity contribution is 5.40. The molecule has 0 spiro atoms. The van der Waals surface area contributed by atoms with Crippen molar-refractivity contribution in [3.63, 3.8) is 0 Å². The maximum Gasteiger partial charge on any atom is 0.401 e. The topological polar surface area (TPSA) is 57.2 Å². The maximum atomic E-state index is 12.3. The number of ether oxygens (including phenoxy) is 2. The van der Waals surface area contributed by atoms with Crippen LogP contribution in [0.4, 0.5) is 13.2 Å². The van der Waals surface area contributed by atoms with Crippen LogP contribution in [0, 0.1) is 0 Å². The van der Waals surface area contributed by atoms with Crippen molar-refractivity contribution in [1.82, 2.24) is 15.1 Å². The first-order valence-corrected chi connectivity index (χ1v) is 8.93. The molecule has 1 fully saturated rings. The van der Waals surface area contributed by atoms with Gasteiger partial charge in [-0.2, -0.15) is 13.2 Å². The SMILES string of the molecule is COc1ccc(CNCC(F)(F)F)c(OC[C@@H](O)CN2CCN(C)CC2)c1. The lowest BCUT2D eigenvalue weighted by Crippen LogP contribution is -2.47. The van der Waals surface area contributed by atoms with E-state index in [0.717, 1.165) is 26.2 Å². The molecule has 1 atom stereocenters. The summed E-state index contributed by atoms with van der Waals surface area (Å²) in [6.07, 6.45) is -4.96. The van der Waals surface area contributed by atoms with Gasteiger partial charge in [0.25, 0.3) is 0 Å². The molecule has 27 heavy (non-hydrogen) atoms. The highest BCUT2D eigenvalue weighted by Crippen LogP contribution is 2.25. The zero-order valence-electron chi connectivity index (χ0n) is 15.8. The van der Waals surface area contributed by atoms with Crippen LogP contribution in [0.25, 0.3) is 0 Å². The lowest BCUT2D eigenvalue weighted by Gasteiger charge is -2.33. The van der Waals surface area contributed by atoms with Gasteiger partial charge >= 0.3 is 6.18 Å². The lowest BCUT2D eigenvalue weighted by molar-refractivity contribution is -0.125. The zero-order chi connectivity index (χ0) is 19.9. The number of hydrogen-bond donors (Lipinski definition) is 2. The average Bonchev–Trinajstić information content (AvgIpc) is 2.61. The van der Waals surface area contributed by atoms with Crippen molar-refractivity contribution >= 4 is 0 Å². The Kier molecular flexibility index (Phi) is 8.15. The first kappa shape index (κ1) is 21.7. The van der Waals surface area contributed by atoms with Crippen LogP contribution in [0.5, 0.6) is 11.5 Å². The highest BCUT2D eigenvalue weighted by atomic mass is 19.4. The molecule has 6 nitrogen and oxygen atoms in total. The van der Waals surface area contributed by atoms with E-state index < -0.39 is 18.8 Å². The Hall–Kier alpha value is -1.55. The largest absolute Gasteiger partial charge is 0.497 e. The van der Waals surface area contributed by atoms with Crippen LogP contribution in [0.2, 0.25) is 0 Å². The van der Waals surface area contributed by atoms with E-state index in [1.165, 1.54) is 7.11 Å². The molecule has 0 amide bonds. The molecule has 9 heteroatoms. The van der Waals surface area contributed by atoms with Crippen molar-refractivity contribution in [2.24, 2.45) is 0 Å². The highest BCUT2D eigenvalue weighted by Gasteiger charge is 2.26. The molecule has 0 bridgehead atoms. The molecular weight excluding hydrogens is 363 g/mol. The predicted molar refractivity (Wildman–Crippen MR) is 96.2 cm³/mol. The van der Waals surface area contributed by atoms with Gasteiger partial charge in [-0.25, -0.2) is 0 Å². The second-order valence-electron chi connectivity index (χ2n) is 6.76. The minimum absolute atomic E-state index is 0.00733. The standard InChI is InChI=1S/C18H28F3N3O3/c1-23-5-7-24(8-6-23)11-15(25)12-27-17-9-16(26-2)4-3-14(17)10-22-13-18(19,20)21/h3-4,9,15,22,25H,5-8,10-13H2,1-2H3/t15-/m0/s1. The van der Waals surface area contributed by atoms with Crippen LogP contribution in [0.3, 0.4) is 0 Å². The fourth-order valence-corrected chi connectivity index (χ4v) is 2.85. The van der Waals surface area contributed by atoms with Crippen molar-refractivity contribution in [2.75, 3.05) is 60.0 Å². The number of benzene rings is 1. The maximum absolute atomic E-state index is 12.3. The van der Waals surface area contributed by atoms with Crippen LogP contribution >= 0.6 is 0 Å². The molecular formula is C18H28F3N3O3. The number of hydrogen-bond acceptors (Lipinski definition) is 6. The number of nitrogens with zero attached hydrogens (tertiary/aromatic N) is 2. The summed E-state index contributed by atoms with van der Waals surface area (Å²) in [5.74, 6) is 0.944. The fraction of sp³-hybridized carbons (Fsp3) is 0.667. The Morgan fingerprint density at radius 3 is 2.56 bits per heavy atom. The third-order valence-electron chi connectivity index (χ3n) is 4.41. The molecule has 1 saturated heterocycles. The number of β-amino-alcohol motifs (C(OH)–C–C–N with tert-alkyl or cyclic N) is 1. The Labute approximate surface area is 157 Å². The van der Waals surface area contributed by atoms with Gasteiger partial charge in [-0.05, 0) is 13.1 Å². The van der Waals surface area contributed by atoms with Crippen LogP contribution in [-0.2, 0) is 6.54 Å².